The van der Waals surface area contributed by atoms with E-state index in [1.165, 1.54) is 4.90 Å². The van der Waals surface area contributed by atoms with Gasteiger partial charge in [-0.15, -0.1) is 0 Å². The number of nitrogens with zero attached hydrogens (tertiary/aromatic N) is 2. The molecule has 1 aromatic heterocycles. The van der Waals surface area contributed by atoms with E-state index in [9.17, 15) is 4.79 Å². The lowest BCUT2D eigenvalue weighted by Gasteiger charge is -2.15. The highest BCUT2D eigenvalue weighted by Crippen LogP contribution is 2.09. The van der Waals surface area contributed by atoms with Gasteiger partial charge in [-0.3, -0.25) is 9.88 Å². The molecule has 0 aromatic carbocycles. The van der Waals surface area contributed by atoms with Crippen molar-refractivity contribution in [3.05, 3.63) is 24.5 Å². The first-order valence-corrected chi connectivity index (χ1v) is 4.06. The molecule has 1 aromatic rings. The predicted octanol–water partition coefficient (Wildman–Crippen LogP) is 1.67. The molecule has 70 valence electrons. The molecule has 0 fully saturated rings. The molecule has 0 saturated carbocycles. The number of hydrogen-bond donors (Lipinski definition) is 0. The van der Waals surface area contributed by atoms with E-state index in [1.54, 1.807) is 38.5 Å². The molecule has 1 amide bonds. The second kappa shape index (κ2) is 4.45. The topological polar surface area (TPSA) is 42.4 Å². The van der Waals surface area contributed by atoms with Crippen LogP contribution in [0.2, 0.25) is 0 Å². The summed E-state index contributed by atoms with van der Waals surface area (Å²) in [6, 6.07) is 3.56. The van der Waals surface area contributed by atoms with Crippen molar-refractivity contribution in [1.82, 2.24) is 4.98 Å². The summed E-state index contributed by atoms with van der Waals surface area (Å²) < 4.78 is 4.82. The van der Waals surface area contributed by atoms with Gasteiger partial charge >= 0.3 is 6.09 Å². The third kappa shape index (κ3) is 2.43. The van der Waals surface area contributed by atoms with Crippen molar-refractivity contribution < 1.29 is 9.53 Å². The van der Waals surface area contributed by atoms with E-state index < -0.39 is 0 Å². The fourth-order valence-electron chi connectivity index (χ4n) is 0.878. The van der Waals surface area contributed by atoms with E-state index in [2.05, 4.69) is 4.98 Å². The molecule has 1 rings (SSSR count). The summed E-state index contributed by atoms with van der Waals surface area (Å²) in [7, 11) is 1.65. The van der Waals surface area contributed by atoms with Crippen molar-refractivity contribution in [2.75, 3.05) is 18.6 Å². The zero-order valence-electron chi connectivity index (χ0n) is 7.73. The van der Waals surface area contributed by atoms with Crippen LogP contribution in [0.1, 0.15) is 6.92 Å². The Balaban J connectivity index is 2.68. The van der Waals surface area contributed by atoms with Gasteiger partial charge in [0, 0.05) is 13.2 Å². The SMILES string of the molecule is CCOC(=O)N(C)c1cccnc1. The van der Waals surface area contributed by atoms with Gasteiger partial charge in [0.2, 0.25) is 0 Å². The van der Waals surface area contributed by atoms with Gasteiger partial charge < -0.3 is 4.74 Å². The highest BCUT2D eigenvalue weighted by atomic mass is 16.6. The molecule has 4 nitrogen and oxygen atoms in total. The number of carbonyl (C=O) groups is 1. The fourth-order valence-corrected chi connectivity index (χ4v) is 0.878. The summed E-state index contributed by atoms with van der Waals surface area (Å²) in [6.45, 7) is 2.15. The Hall–Kier alpha value is -1.58. The standard InChI is InChI=1S/C9H12N2O2/c1-3-13-9(12)11(2)8-5-4-6-10-7-8/h4-7H,3H2,1-2H3. The second-order valence-corrected chi connectivity index (χ2v) is 2.47. The summed E-state index contributed by atoms with van der Waals surface area (Å²) in [4.78, 5) is 16.5. The molecule has 0 radical (unpaired) electrons. The first-order chi connectivity index (χ1) is 6.25. The maximum atomic E-state index is 11.2. The van der Waals surface area contributed by atoms with Gasteiger partial charge in [-0.25, -0.2) is 4.79 Å². The van der Waals surface area contributed by atoms with Crippen LogP contribution in [-0.2, 0) is 4.74 Å². The van der Waals surface area contributed by atoms with Gasteiger partial charge in [0.15, 0.2) is 0 Å². The molecule has 0 bridgehead atoms. The monoisotopic (exact) mass is 180 g/mol. The Morgan fingerprint density at radius 1 is 1.69 bits per heavy atom. The zero-order valence-corrected chi connectivity index (χ0v) is 7.73. The van der Waals surface area contributed by atoms with E-state index in [-0.39, 0.29) is 6.09 Å². The lowest BCUT2D eigenvalue weighted by Crippen LogP contribution is -2.26. The molecule has 0 saturated heterocycles. The Morgan fingerprint density at radius 3 is 3.00 bits per heavy atom. The minimum absolute atomic E-state index is 0.365. The maximum Gasteiger partial charge on any atom is 0.414 e. The van der Waals surface area contributed by atoms with Gasteiger partial charge in [0.25, 0.3) is 0 Å². The fraction of sp³-hybridized carbons (Fsp3) is 0.333. The van der Waals surface area contributed by atoms with Crippen LogP contribution < -0.4 is 4.90 Å². The van der Waals surface area contributed by atoms with Crippen LogP contribution in [0, 0.1) is 0 Å². The van der Waals surface area contributed by atoms with E-state index in [1.807, 2.05) is 0 Å². The molecule has 0 aliphatic carbocycles. The van der Waals surface area contributed by atoms with Crippen LogP contribution in [0.3, 0.4) is 0 Å². The molecular weight excluding hydrogens is 168 g/mol. The Kier molecular flexibility index (Phi) is 3.25. The van der Waals surface area contributed by atoms with Gasteiger partial charge in [-0.2, -0.15) is 0 Å². The van der Waals surface area contributed by atoms with E-state index in [0.717, 1.165) is 5.69 Å². The number of ether oxygens (including phenoxy) is 1. The van der Waals surface area contributed by atoms with Crippen LogP contribution in [0.25, 0.3) is 0 Å². The average Bonchev–Trinajstić information content (AvgIpc) is 2.18. The molecular formula is C9H12N2O2. The van der Waals surface area contributed by atoms with Gasteiger partial charge in [0.1, 0.15) is 0 Å². The Morgan fingerprint density at radius 2 is 2.46 bits per heavy atom. The largest absolute Gasteiger partial charge is 0.449 e. The summed E-state index contributed by atoms with van der Waals surface area (Å²) in [5.41, 5.74) is 0.723. The maximum absolute atomic E-state index is 11.2. The normalized spacial score (nSPS) is 9.38. The first kappa shape index (κ1) is 9.51. The summed E-state index contributed by atoms with van der Waals surface area (Å²) >= 11 is 0. The first-order valence-electron chi connectivity index (χ1n) is 4.06. The zero-order chi connectivity index (χ0) is 9.68. The second-order valence-electron chi connectivity index (χ2n) is 2.47. The van der Waals surface area contributed by atoms with Gasteiger partial charge in [-0.05, 0) is 19.1 Å². The average molecular weight is 180 g/mol. The minimum Gasteiger partial charge on any atom is -0.449 e. The number of rotatable bonds is 2. The molecule has 0 aliphatic heterocycles. The molecule has 0 unspecified atom stereocenters. The lowest BCUT2D eigenvalue weighted by molar-refractivity contribution is 0.161. The number of aromatic nitrogens is 1. The van der Waals surface area contributed by atoms with Gasteiger partial charge in [0.05, 0.1) is 18.5 Å². The molecule has 1 heterocycles. The summed E-state index contributed by atoms with van der Waals surface area (Å²) in [5, 5.41) is 0. The number of carbonyl (C=O) groups excluding carboxylic acids is 1. The summed E-state index contributed by atoms with van der Waals surface area (Å²) in [6.07, 6.45) is 2.90. The third-order valence-corrected chi connectivity index (χ3v) is 1.57. The highest BCUT2D eigenvalue weighted by Gasteiger charge is 2.10. The van der Waals surface area contributed by atoms with Crippen LogP contribution in [0.5, 0.6) is 0 Å². The van der Waals surface area contributed by atoms with E-state index in [4.69, 9.17) is 4.74 Å². The van der Waals surface area contributed by atoms with E-state index >= 15 is 0 Å². The number of anilines is 1. The van der Waals surface area contributed by atoms with Crippen molar-refractivity contribution in [1.29, 1.82) is 0 Å². The Bertz CT molecular complexity index is 274. The highest BCUT2D eigenvalue weighted by molar-refractivity contribution is 5.86. The van der Waals surface area contributed by atoms with Crippen LogP contribution in [0.4, 0.5) is 10.5 Å². The van der Waals surface area contributed by atoms with Crippen LogP contribution in [-0.4, -0.2) is 24.7 Å². The van der Waals surface area contributed by atoms with Crippen molar-refractivity contribution in [2.24, 2.45) is 0 Å². The minimum atomic E-state index is -0.365. The van der Waals surface area contributed by atoms with Crippen LogP contribution in [0.15, 0.2) is 24.5 Å². The van der Waals surface area contributed by atoms with Gasteiger partial charge in [-0.1, -0.05) is 0 Å². The van der Waals surface area contributed by atoms with Crippen molar-refractivity contribution >= 4 is 11.8 Å². The Labute approximate surface area is 77.1 Å². The van der Waals surface area contributed by atoms with Crippen LogP contribution >= 0.6 is 0 Å². The molecule has 4 heteroatoms. The summed E-state index contributed by atoms with van der Waals surface area (Å²) in [5.74, 6) is 0. The molecule has 0 spiro atoms. The smallest absolute Gasteiger partial charge is 0.414 e. The number of hydrogen-bond acceptors (Lipinski definition) is 3. The molecule has 0 N–H and O–H groups in total. The third-order valence-electron chi connectivity index (χ3n) is 1.57. The van der Waals surface area contributed by atoms with Crippen molar-refractivity contribution in [3.8, 4) is 0 Å². The lowest BCUT2D eigenvalue weighted by atomic mass is 10.4. The number of pyridine rings is 1. The van der Waals surface area contributed by atoms with Crippen molar-refractivity contribution in [2.45, 2.75) is 6.92 Å². The quantitative estimate of drug-likeness (QED) is 0.695. The van der Waals surface area contributed by atoms with Crippen molar-refractivity contribution in [3.63, 3.8) is 0 Å². The molecule has 13 heavy (non-hydrogen) atoms. The predicted molar refractivity (Wildman–Crippen MR) is 49.7 cm³/mol. The molecule has 0 aliphatic rings. The number of amides is 1. The molecule has 0 atom stereocenters. The van der Waals surface area contributed by atoms with E-state index in [0.29, 0.717) is 6.61 Å².